The Morgan fingerprint density at radius 1 is 1.32 bits per heavy atom. The van der Waals surface area contributed by atoms with Gasteiger partial charge in [-0.3, -0.25) is 14.7 Å². The van der Waals surface area contributed by atoms with E-state index in [4.69, 9.17) is 5.73 Å². The summed E-state index contributed by atoms with van der Waals surface area (Å²) in [4.78, 5) is 32.0. The number of pyridine rings is 1. The Hall–Kier alpha value is -2.48. The van der Waals surface area contributed by atoms with Crippen LogP contribution in [0.5, 0.6) is 0 Å². The van der Waals surface area contributed by atoms with Crippen LogP contribution in [-0.4, -0.2) is 69.0 Å². The Morgan fingerprint density at radius 3 is 3.00 bits per heavy atom. The lowest BCUT2D eigenvalue weighted by Gasteiger charge is -2.43. The number of nitrogens with zero attached hydrogens (tertiary/aromatic N) is 4. The number of hydrogen-bond donors (Lipinski definition) is 2. The number of aromatic nitrogens is 3. The van der Waals surface area contributed by atoms with Gasteiger partial charge in [0.15, 0.2) is 0 Å². The van der Waals surface area contributed by atoms with Crippen LogP contribution in [0.2, 0.25) is 0 Å². The summed E-state index contributed by atoms with van der Waals surface area (Å²) in [6.07, 6.45) is 3.29. The highest BCUT2D eigenvalue weighted by molar-refractivity contribution is 5.96. The van der Waals surface area contributed by atoms with Crippen LogP contribution < -0.4 is 5.73 Å². The van der Waals surface area contributed by atoms with Crippen molar-refractivity contribution < 1.29 is 9.59 Å². The van der Waals surface area contributed by atoms with Crippen LogP contribution >= 0.6 is 0 Å². The topological polar surface area (TPSA) is 108 Å². The van der Waals surface area contributed by atoms with Crippen molar-refractivity contribution >= 4 is 22.7 Å². The number of aromatic amines is 1. The maximum absolute atomic E-state index is 12.6. The molecule has 4 rings (SSSR count). The standard InChI is InChI=1S/C14H16N6O2/c15-2-13(21)19-5-9-6-20(12(9)7-19)14(22)10-1-8-3-17-18-11(8)4-16-10/h1,3-4,9,12H,2,5-7,15H2,(H,17,18)/t9-,12+/m0/s1. The number of likely N-dealkylation sites (tertiary alicyclic amines) is 2. The predicted octanol–water partition coefficient (Wildman–Crippen LogP) is -0.801. The molecule has 2 amide bonds. The van der Waals surface area contributed by atoms with E-state index < -0.39 is 0 Å². The molecule has 0 bridgehead atoms. The van der Waals surface area contributed by atoms with E-state index in [1.807, 2.05) is 0 Å². The minimum Gasteiger partial charge on any atom is -0.339 e. The molecule has 2 atom stereocenters. The van der Waals surface area contributed by atoms with Gasteiger partial charge in [0.2, 0.25) is 5.91 Å². The number of carbonyl (C=O) groups excluding carboxylic acids is 2. The number of nitrogens with one attached hydrogen (secondary N) is 1. The van der Waals surface area contributed by atoms with Gasteiger partial charge in [-0.1, -0.05) is 0 Å². The molecule has 2 fully saturated rings. The third-order valence-electron chi connectivity index (χ3n) is 4.57. The van der Waals surface area contributed by atoms with Crippen LogP contribution in [0.1, 0.15) is 10.5 Å². The number of H-pyrrole nitrogens is 1. The number of fused-ring (bicyclic) bond motifs is 2. The summed E-state index contributed by atoms with van der Waals surface area (Å²) < 4.78 is 0. The first-order valence-electron chi connectivity index (χ1n) is 7.25. The molecule has 2 aromatic heterocycles. The Labute approximate surface area is 126 Å². The molecule has 0 aliphatic carbocycles. The third kappa shape index (κ3) is 1.87. The van der Waals surface area contributed by atoms with Crippen LogP contribution in [-0.2, 0) is 4.79 Å². The first kappa shape index (κ1) is 13.2. The lowest BCUT2D eigenvalue weighted by molar-refractivity contribution is -0.128. The smallest absolute Gasteiger partial charge is 0.272 e. The second kappa shape index (κ2) is 4.77. The molecule has 0 saturated carbocycles. The fourth-order valence-corrected chi connectivity index (χ4v) is 3.31. The van der Waals surface area contributed by atoms with Gasteiger partial charge in [0.05, 0.1) is 30.5 Å². The summed E-state index contributed by atoms with van der Waals surface area (Å²) in [5.41, 5.74) is 6.62. The Bertz CT molecular complexity index is 757. The van der Waals surface area contributed by atoms with Crippen molar-refractivity contribution in [2.75, 3.05) is 26.2 Å². The SMILES string of the molecule is NCC(=O)N1C[C@H]2CN(C(=O)c3cc4cn[nH]c4cn3)[C@@H]2C1. The van der Waals surface area contributed by atoms with E-state index in [0.717, 1.165) is 10.9 Å². The summed E-state index contributed by atoms with van der Waals surface area (Å²) in [6, 6.07) is 1.83. The molecule has 0 spiro atoms. The summed E-state index contributed by atoms with van der Waals surface area (Å²) in [6.45, 7) is 1.95. The molecule has 4 heterocycles. The second-order valence-corrected chi connectivity index (χ2v) is 5.81. The largest absolute Gasteiger partial charge is 0.339 e. The van der Waals surface area contributed by atoms with Gasteiger partial charge in [-0.15, -0.1) is 0 Å². The van der Waals surface area contributed by atoms with Gasteiger partial charge in [-0.25, -0.2) is 4.98 Å². The minimum atomic E-state index is -0.0913. The highest BCUT2D eigenvalue weighted by Crippen LogP contribution is 2.33. The van der Waals surface area contributed by atoms with E-state index in [1.54, 1.807) is 28.3 Å². The molecule has 2 saturated heterocycles. The number of hydrogen-bond acceptors (Lipinski definition) is 5. The fraction of sp³-hybridized carbons (Fsp3) is 0.429. The van der Waals surface area contributed by atoms with Crippen LogP contribution in [0, 0.1) is 5.92 Å². The van der Waals surface area contributed by atoms with Crippen LogP contribution in [0.3, 0.4) is 0 Å². The first-order chi connectivity index (χ1) is 10.7. The summed E-state index contributed by atoms with van der Waals surface area (Å²) in [5.74, 6) is 0.211. The van der Waals surface area contributed by atoms with Gasteiger partial charge in [-0.05, 0) is 6.07 Å². The highest BCUT2D eigenvalue weighted by atomic mass is 16.2. The zero-order chi connectivity index (χ0) is 15.3. The summed E-state index contributed by atoms with van der Waals surface area (Å²) >= 11 is 0. The number of carbonyl (C=O) groups is 2. The third-order valence-corrected chi connectivity index (χ3v) is 4.57. The zero-order valence-electron chi connectivity index (χ0n) is 11.9. The second-order valence-electron chi connectivity index (χ2n) is 5.81. The predicted molar refractivity (Wildman–Crippen MR) is 77.8 cm³/mol. The molecular formula is C14H16N6O2. The Kier molecular flexibility index (Phi) is 2.86. The maximum atomic E-state index is 12.6. The lowest BCUT2D eigenvalue weighted by atomic mass is 9.91. The molecule has 2 aliphatic heterocycles. The molecule has 22 heavy (non-hydrogen) atoms. The van der Waals surface area contributed by atoms with Crippen molar-refractivity contribution in [3.05, 3.63) is 24.2 Å². The van der Waals surface area contributed by atoms with Crippen molar-refractivity contribution in [1.29, 1.82) is 0 Å². The molecule has 0 unspecified atom stereocenters. The quantitative estimate of drug-likeness (QED) is 0.755. The molecule has 2 aromatic rings. The summed E-state index contributed by atoms with van der Waals surface area (Å²) in [7, 11) is 0. The van der Waals surface area contributed by atoms with Crippen molar-refractivity contribution in [2.24, 2.45) is 11.7 Å². The van der Waals surface area contributed by atoms with Gasteiger partial charge >= 0.3 is 0 Å². The van der Waals surface area contributed by atoms with E-state index >= 15 is 0 Å². The average molecular weight is 300 g/mol. The normalized spacial score (nSPS) is 23.5. The number of nitrogens with two attached hydrogens (primary N) is 1. The van der Waals surface area contributed by atoms with Gasteiger partial charge in [0, 0.05) is 30.9 Å². The molecule has 0 aromatic carbocycles. The van der Waals surface area contributed by atoms with Gasteiger partial charge in [-0.2, -0.15) is 5.10 Å². The lowest BCUT2D eigenvalue weighted by Crippen LogP contribution is -2.58. The van der Waals surface area contributed by atoms with E-state index in [0.29, 0.717) is 31.2 Å². The van der Waals surface area contributed by atoms with E-state index in [9.17, 15) is 9.59 Å². The summed E-state index contributed by atoms with van der Waals surface area (Å²) in [5, 5.41) is 7.60. The number of rotatable bonds is 2. The highest BCUT2D eigenvalue weighted by Gasteiger charge is 2.49. The van der Waals surface area contributed by atoms with Crippen LogP contribution in [0.15, 0.2) is 18.5 Å². The molecule has 0 radical (unpaired) electrons. The van der Waals surface area contributed by atoms with Gasteiger partial charge < -0.3 is 15.5 Å². The molecule has 2 aliphatic rings. The van der Waals surface area contributed by atoms with Crippen molar-refractivity contribution in [3.63, 3.8) is 0 Å². The molecular weight excluding hydrogens is 284 g/mol. The van der Waals surface area contributed by atoms with Crippen molar-refractivity contribution in [1.82, 2.24) is 25.0 Å². The van der Waals surface area contributed by atoms with Crippen LogP contribution in [0.25, 0.3) is 10.9 Å². The van der Waals surface area contributed by atoms with E-state index in [1.165, 1.54) is 0 Å². The van der Waals surface area contributed by atoms with E-state index in [2.05, 4.69) is 15.2 Å². The molecule has 8 nitrogen and oxygen atoms in total. The van der Waals surface area contributed by atoms with Crippen LogP contribution in [0.4, 0.5) is 0 Å². The molecule has 8 heteroatoms. The average Bonchev–Trinajstić information content (AvgIpc) is 3.11. The fourth-order valence-electron chi connectivity index (χ4n) is 3.31. The Balaban J connectivity index is 1.51. The zero-order valence-corrected chi connectivity index (χ0v) is 11.9. The molecule has 114 valence electrons. The van der Waals surface area contributed by atoms with E-state index in [-0.39, 0.29) is 24.4 Å². The maximum Gasteiger partial charge on any atom is 0.272 e. The minimum absolute atomic E-state index is 0.0199. The molecule has 3 N–H and O–H groups in total. The van der Waals surface area contributed by atoms with Crippen molar-refractivity contribution in [3.8, 4) is 0 Å². The monoisotopic (exact) mass is 300 g/mol. The van der Waals surface area contributed by atoms with Gasteiger partial charge in [0.1, 0.15) is 5.69 Å². The Morgan fingerprint density at radius 2 is 2.18 bits per heavy atom. The first-order valence-corrected chi connectivity index (χ1v) is 7.25. The van der Waals surface area contributed by atoms with Gasteiger partial charge in [0.25, 0.3) is 5.91 Å². The van der Waals surface area contributed by atoms with Crippen molar-refractivity contribution in [2.45, 2.75) is 6.04 Å². The number of amides is 2.